The number of nitrogens with one attached hydrogen (secondary N) is 1. The molecule has 0 heterocycles. The van der Waals surface area contributed by atoms with Crippen molar-refractivity contribution in [2.75, 3.05) is 0 Å². The zero-order valence-electron chi connectivity index (χ0n) is 8.20. The molecule has 1 unspecified atom stereocenters. The standard InChI is InChI=1S/C9H12N2O5/c10-7(9(13)14)8(12)5-2-1-3-6(4-5)11(15)16/h1-4,7-8,11-12,15H,10H2,(H,13,14)/t7-,8-/m1/s1. The second-order valence-corrected chi connectivity index (χ2v) is 3.24. The third-order valence-corrected chi connectivity index (χ3v) is 2.10. The normalized spacial score (nSPS) is 16.5. The number of nitrogens with two attached hydrogens (primary N) is 1. The molecule has 0 fully saturated rings. The van der Waals surface area contributed by atoms with E-state index in [0.717, 1.165) is 0 Å². The van der Waals surface area contributed by atoms with Gasteiger partial charge in [-0.3, -0.25) is 4.79 Å². The molecule has 3 atom stereocenters. The fraction of sp³-hybridized carbons (Fsp3) is 0.222. The predicted octanol–water partition coefficient (Wildman–Crippen LogP) is -1.46. The van der Waals surface area contributed by atoms with E-state index in [1.165, 1.54) is 24.3 Å². The molecule has 0 aliphatic rings. The lowest BCUT2D eigenvalue weighted by Gasteiger charge is -2.17. The molecule has 7 nitrogen and oxygen atoms in total. The largest absolute Gasteiger partial charge is 0.595 e. The highest BCUT2D eigenvalue weighted by atomic mass is 16.8. The molecule has 6 N–H and O–H groups in total. The van der Waals surface area contributed by atoms with Crippen molar-refractivity contribution >= 4 is 11.7 Å². The van der Waals surface area contributed by atoms with E-state index in [0.29, 0.717) is 0 Å². The van der Waals surface area contributed by atoms with E-state index in [9.17, 15) is 15.1 Å². The van der Waals surface area contributed by atoms with Gasteiger partial charge in [0, 0.05) is 12.1 Å². The Morgan fingerprint density at radius 2 is 2.12 bits per heavy atom. The van der Waals surface area contributed by atoms with Crippen LogP contribution >= 0.6 is 0 Å². The van der Waals surface area contributed by atoms with Gasteiger partial charge >= 0.3 is 5.97 Å². The zero-order valence-corrected chi connectivity index (χ0v) is 8.20. The van der Waals surface area contributed by atoms with Gasteiger partial charge in [0.25, 0.3) is 0 Å². The molecule has 0 aliphatic carbocycles. The van der Waals surface area contributed by atoms with E-state index in [-0.39, 0.29) is 11.3 Å². The van der Waals surface area contributed by atoms with Crippen molar-refractivity contribution in [2.45, 2.75) is 12.1 Å². The van der Waals surface area contributed by atoms with Crippen LogP contribution in [-0.2, 0) is 4.79 Å². The van der Waals surface area contributed by atoms with Crippen LogP contribution in [-0.4, -0.2) is 27.4 Å². The number of carboxylic acids is 1. The number of aliphatic carboxylic acids is 1. The highest BCUT2D eigenvalue weighted by Crippen LogP contribution is 2.17. The molecular formula is C9H12N2O5. The Balaban J connectivity index is 2.95. The molecule has 0 aromatic heterocycles. The summed E-state index contributed by atoms with van der Waals surface area (Å²) in [5, 5.41) is 36.4. The van der Waals surface area contributed by atoms with Crippen LogP contribution in [0, 0.1) is 5.21 Å². The third-order valence-electron chi connectivity index (χ3n) is 2.10. The highest BCUT2D eigenvalue weighted by Gasteiger charge is 2.24. The number of benzene rings is 1. The molecule has 0 saturated carbocycles. The second-order valence-electron chi connectivity index (χ2n) is 3.24. The number of aliphatic hydroxyl groups is 1. The van der Waals surface area contributed by atoms with Crippen molar-refractivity contribution in [1.29, 1.82) is 0 Å². The van der Waals surface area contributed by atoms with Crippen molar-refractivity contribution < 1.29 is 25.4 Å². The maximum atomic E-state index is 10.7. The lowest BCUT2D eigenvalue weighted by atomic mass is 10.0. The first-order chi connectivity index (χ1) is 7.43. The van der Waals surface area contributed by atoms with E-state index < -0.39 is 23.3 Å². The van der Waals surface area contributed by atoms with Gasteiger partial charge in [-0.15, -0.1) is 0 Å². The monoisotopic (exact) mass is 228 g/mol. The lowest BCUT2D eigenvalue weighted by molar-refractivity contribution is -0.991. The quantitative estimate of drug-likeness (QED) is 0.400. The maximum absolute atomic E-state index is 10.7. The number of carboxylic acid groups (broad SMARTS) is 1. The summed E-state index contributed by atoms with van der Waals surface area (Å²) < 4.78 is 0. The van der Waals surface area contributed by atoms with Gasteiger partial charge in [0.1, 0.15) is 12.1 Å². The summed E-state index contributed by atoms with van der Waals surface area (Å²) in [5.74, 6) is -1.35. The highest BCUT2D eigenvalue weighted by molar-refractivity contribution is 5.74. The molecule has 1 aromatic rings. The molecule has 0 aliphatic heterocycles. The maximum Gasteiger partial charge on any atom is 0.323 e. The summed E-state index contributed by atoms with van der Waals surface area (Å²) in [6, 6.07) is 3.88. The number of hydrogen-bond acceptors (Lipinski definition) is 5. The molecule has 16 heavy (non-hydrogen) atoms. The molecule has 0 bridgehead atoms. The Hall–Kier alpha value is -1.51. The number of quaternary nitrogens is 1. The van der Waals surface area contributed by atoms with E-state index in [4.69, 9.17) is 16.0 Å². The summed E-state index contributed by atoms with van der Waals surface area (Å²) in [5.41, 5.74) is 5.35. The fourth-order valence-corrected chi connectivity index (χ4v) is 1.20. The minimum atomic E-state index is -1.48. The van der Waals surface area contributed by atoms with E-state index in [1.54, 1.807) is 0 Å². The van der Waals surface area contributed by atoms with Crippen molar-refractivity contribution in [3.63, 3.8) is 0 Å². The van der Waals surface area contributed by atoms with Gasteiger partial charge in [-0.1, -0.05) is 12.1 Å². The first-order valence-electron chi connectivity index (χ1n) is 4.43. The number of hydrogen-bond donors (Lipinski definition) is 5. The minimum absolute atomic E-state index is 0.0332. The lowest BCUT2D eigenvalue weighted by Crippen LogP contribution is -2.99. The van der Waals surface area contributed by atoms with Gasteiger partial charge < -0.3 is 21.2 Å². The van der Waals surface area contributed by atoms with Gasteiger partial charge in [-0.25, -0.2) is 5.21 Å². The number of aliphatic hydroxyl groups excluding tert-OH is 1. The molecule has 0 saturated heterocycles. The Bertz CT molecular complexity index is 382. The molecule has 0 amide bonds. The first-order valence-corrected chi connectivity index (χ1v) is 4.43. The van der Waals surface area contributed by atoms with Crippen LogP contribution in [0.1, 0.15) is 11.7 Å². The first kappa shape index (κ1) is 12.6. The molecule has 0 radical (unpaired) electrons. The Morgan fingerprint density at radius 1 is 1.50 bits per heavy atom. The van der Waals surface area contributed by atoms with Gasteiger partial charge in [-0.05, 0) is 5.56 Å². The topological polar surface area (TPSA) is 131 Å². The molecule has 1 rings (SSSR count). The second kappa shape index (κ2) is 5.01. The fourth-order valence-electron chi connectivity index (χ4n) is 1.20. The SMILES string of the molecule is N[C@@H](C(=O)O)[C@H](O)c1cccc([NH+]([O-])O)c1. The van der Waals surface area contributed by atoms with Gasteiger partial charge in [0.05, 0.1) is 0 Å². The van der Waals surface area contributed by atoms with Crippen LogP contribution < -0.4 is 11.0 Å². The summed E-state index contributed by atoms with van der Waals surface area (Å²) >= 11 is 0. The van der Waals surface area contributed by atoms with Crippen LogP contribution in [0.2, 0.25) is 0 Å². The average molecular weight is 228 g/mol. The molecular weight excluding hydrogens is 216 g/mol. The van der Waals surface area contributed by atoms with Crippen LogP contribution in [0.15, 0.2) is 24.3 Å². The summed E-state index contributed by atoms with van der Waals surface area (Å²) in [7, 11) is 0. The van der Waals surface area contributed by atoms with Crippen molar-refractivity contribution in [3.8, 4) is 0 Å². The summed E-state index contributed by atoms with van der Waals surface area (Å²) in [6.45, 7) is 0. The van der Waals surface area contributed by atoms with Crippen LogP contribution in [0.5, 0.6) is 0 Å². The predicted molar refractivity (Wildman–Crippen MR) is 52.8 cm³/mol. The molecule has 1 aromatic carbocycles. The van der Waals surface area contributed by atoms with Gasteiger partial charge in [-0.2, -0.15) is 5.23 Å². The van der Waals surface area contributed by atoms with E-state index in [2.05, 4.69) is 0 Å². The smallest absolute Gasteiger partial charge is 0.323 e. The molecule has 88 valence electrons. The van der Waals surface area contributed by atoms with Crippen molar-refractivity contribution in [1.82, 2.24) is 0 Å². The van der Waals surface area contributed by atoms with Crippen LogP contribution in [0.25, 0.3) is 0 Å². The summed E-state index contributed by atoms with van der Waals surface area (Å²) in [4.78, 5) is 10.5. The molecule has 7 heteroatoms. The number of rotatable bonds is 4. The Morgan fingerprint density at radius 3 is 2.62 bits per heavy atom. The van der Waals surface area contributed by atoms with Gasteiger partial charge in [0.2, 0.25) is 0 Å². The average Bonchev–Trinajstić information content (AvgIpc) is 2.27. The van der Waals surface area contributed by atoms with Crippen molar-refractivity contribution in [3.05, 3.63) is 35.0 Å². The number of carbonyl (C=O) groups is 1. The van der Waals surface area contributed by atoms with Crippen LogP contribution in [0.3, 0.4) is 0 Å². The molecule has 0 spiro atoms. The zero-order chi connectivity index (χ0) is 12.3. The Labute approximate surface area is 90.9 Å². The van der Waals surface area contributed by atoms with Crippen molar-refractivity contribution in [2.24, 2.45) is 5.73 Å². The third kappa shape index (κ3) is 2.75. The van der Waals surface area contributed by atoms with Gasteiger partial charge in [0.15, 0.2) is 5.69 Å². The van der Waals surface area contributed by atoms with Crippen LogP contribution in [0.4, 0.5) is 5.69 Å². The Kier molecular flexibility index (Phi) is 3.93. The minimum Gasteiger partial charge on any atom is -0.595 e. The summed E-state index contributed by atoms with van der Waals surface area (Å²) in [6.07, 6.45) is -1.43. The van der Waals surface area contributed by atoms with E-state index >= 15 is 0 Å². The van der Waals surface area contributed by atoms with E-state index in [1.807, 2.05) is 0 Å².